The highest BCUT2D eigenvalue weighted by Gasteiger charge is 2.22. The fraction of sp³-hybridized carbons (Fsp3) is 0.308. The second kappa shape index (κ2) is 4.18. The van der Waals surface area contributed by atoms with E-state index in [1.54, 1.807) is 6.92 Å². The molecule has 0 aliphatic heterocycles. The molecule has 0 saturated carbocycles. The minimum Gasteiger partial charge on any atom is -0.338 e. The zero-order valence-corrected chi connectivity index (χ0v) is 8.71. The Morgan fingerprint density at radius 3 is 3.07 bits per heavy atom. The molecule has 1 atom stereocenters. The smallest absolute Gasteiger partial charge is 0.296 e. The molecule has 1 unspecified atom stereocenters. The van der Waals surface area contributed by atoms with Gasteiger partial charge in [0, 0.05) is 0 Å². The van der Waals surface area contributed by atoms with Crippen LogP contribution in [0, 0.1) is 11.8 Å². The van der Waals surface area contributed by atoms with E-state index < -0.39 is 0 Å². The summed E-state index contributed by atoms with van der Waals surface area (Å²) >= 11 is 0. The Morgan fingerprint density at radius 1 is 1.47 bits per heavy atom. The fourth-order valence-electron chi connectivity index (χ4n) is 2.01. The molecule has 1 amide bonds. The van der Waals surface area contributed by atoms with Crippen molar-refractivity contribution in [1.29, 1.82) is 0 Å². The summed E-state index contributed by atoms with van der Waals surface area (Å²) < 4.78 is 0. The van der Waals surface area contributed by atoms with Gasteiger partial charge in [0.25, 0.3) is 5.91 Å². The van der Waals surface area contributed by atoms with Crippen LogP contribution in [-0.4, -0.2) is 5.91 Å². The molecule has 0 spiro atoms. The molecule has 1 N–H and O–H groups in total. The topological polar surface area (TPSA) is 29.1 Å². The summed E-state index contributed by atoms with van der Waals surface area (Å²) in [5, 5.41) is 2.92. The first-order valence-electron chi connectivity index (χ1n) is 5.12. The molecule has 0 bridgehead atoms. The Hall–Kier alpha value is -1.75. The lowest BCUT2D eigenvalue weighted by atomic mass is 10.1. The van der Waals surface area contributed by atoms with Gasteiger partial charge in [0.15, 0.2) is 0 Å². The van der Waals surface area contributed by atoms with Gasteiger partial charge >= 0.3 is 0 Å². The molecule has 0 fully saturated rings. The first-order valence-corrected chi connectivity index (χ1v) is 5.12. The molecule has 2 heteroatoms. The maximum Gasteiger partial charge on any atom is 0.296 e. The Balaban J connectivity index is 2.13. The fourth-order valence-corrected chi connectivity index (χ4v) is 2.01. The lowest BCUT2D eigenvalue weighted by Gasteiger charge is -2.11. The summed E-state index contributed by atoms with van der Waals surface area (Å²) in [6, 6.07) is 8.39. The summed E-state index contributed by atoms with van der Waals surface area (Å²) in [5.41, 5.74) is 2.58. The van der Waals surface area contributed by atoms with E-state index in [0.717, 1.165) is 12.8 Å². The summed E-state index contributed by atoms with van der Waals surface area (Å²) in [4.78, 5) is 11.3. The summed E-state index contributed by atoms with van der Waals surface area (Å²) in [6.45, 7) is 1.67. The third kappa shape index (κ3) is 2.02. The van der Waals surface area contributed by atoms with Crippen molar-refractivity contribution in [3.63, 3.8) is 0 Å². The first-order chi connectivity index (χ1) is 7.31. The van der Waals surface area contributed by atoms with Crippen molar-refractivity contribution in [2.45, 2.75) is 25.8 Å². The van der Waals surface area contributed by atoms with Gasteiger partial charge in [0.05, 0.1) is 6.04 Å². The number of hydrogen-bond acceptors (Lipinski definition) is 1. The number of rotatable bonds is 1. The van der Waals surface area contributed by atoms with Crippen LogP contribution in [0.4, 0.5) is 0 Å². The average molecular weight is 199 g/mol. The lowest BCUT2D eigenvalue weighted by molar-refractivity contribution is -0.116. The molecule has 0 aromatic heterocycles. The number of benzene rings is 1. The van der Waals surface area contributed by atoms with Crippen LogP contribution in [0.25, 0.3) is 0 Å². The van der Waals surface area contributed by atoms with Crippen molar-refractivity contribution in [2.24, 2.45) is 0 Å². The Labute approximate surface area is 89.7 Å². The molecule has 2 rings (SSSR count). The van der Waals surface area contributed by atoms with Crippen LogP contribution >= 0.6 is 0 Å². The highest BCUT2D eigenvalue weighted by atomic mass is 16.1. The van der Waals surface area contributed by atoms with Gasteiger partial charge in [-0.3, -0.25) is 4.79 Å². The number of amides is 1. The van der Waals surface area contributed by atoms with E-state index in [-0.39, 0.29) is 11.9 Å². The van der Waals surface area contributed by atoms with Gasteiger partial charge in [-0.15, -0.1) is 0 Å². The standard InChI is InChI=1S/C13H13NO/c1-2-5-13(15)14-12-9-8-10-6-3-4-7-11(10)12/h3-4,6-7,12H,8-9H2,1H3,(H,14,15). The van der Waals surface area contributed by atoms with Gasteiger partial charge in [0.1, 0.15) is 0 Å². The molecule has 1 aliphatic carbocycles. The zero-order valence-electron chi connectivity index (χ0n) is 8.71. The minimum absolute atomic E-state index is 0.148. The molecule has 1 aromatic rings. The van der Waals surface area contributed by atoms with Gasteiger partial charge in [-0.25, -0.2) is 0 Å². The quantitative estimate of drug-likeness (QED) is 0.687. The number of carbonyl (C=O) groups is 1. The highest BCUT2D eigenvalue weighted by molar-refractivity contribution is 5.93. The number of fused-ring (bicyclic) bond motifs is 1. The summed E-state index contributed by atoms with van der Waals surface area (Å²) in [7, 11) is 0. The van der Waals surface area contributed by atoms with Crippen LogP contribution in [0.5, 0.6) is 0 Å². The summed E-state index contributed by atoms with van der Waals surface area (Å²) in [6.07, 6.45) is 2.02. The largest absolute Gasteiger partial charge is 0.338 e. The Morgan fingerprint density at radius 2 is 2.27 bits per heavy atom. The normalized spacial score (nSPS) is 17.5. The zero-order chi connectivity index (χ0) is 10.7. The SMILES string of the molecule is CC#CC(=O)NC1CCc2ccccc21. The lowest BCUT2D eigenvalue weighted by Crippen LogP contribution is -2.25. The van der Waals surface area contributed by atoms with E-state index in [4.69, 9.17) is 0 Å². The third-order valence-electron chi connectivity index (χ3n) is 2.68. The van der Waals surface area contributed by atoms with E-state index in [0.29, 0.717) is 0 Å². The molecule has 0 saturated heterocycles. The van der Waals surface area contributed by atoms with Crippen molar-refractivity contribution in [2.75, 3.05) is 0 Å². The van der Waals surface area contributed by atoms with Gasteiger partial charge in [-0.2, -0.15) is 0 Å². The molecule has 1 aliphatic rings. The maximum atomic E-state index is 11.3. The van der Waals surface area contributed by atoms with Crippen LogP contribution in [0.1, 0.15) is 30.5 Å². The maximum absolute atomic E-state index is 11.3. The van der Waals surface area contributed by atoms with Crippen molar-refractivity contribution >= 4 is 5.91 Å². The van der Waals surface area contributed by atoms with Crippen LogP contribution < -0.4 is 5.32 Å². The predicted molar refractivity (Wildman–Crippen MR) is 59.1 cm³/mol. The van der Waals surface area contributed by atoms with Gasteiger partial charge in [-0.05, 0) is 36.8 Å². The van der Waals surface area contributed by atoms with E-state index in [2.05, 4.69) is 29.3 Å². The number of aryl methyl sites for hydroxylation is 1. The average Bonchev–Trinajstić information content (AvgIpc) is 2.62. The van der Waals surface area contributed by atoms with Gasteiger partial charge in [0.2, 0.25) is 0 Å². The number of carbonyl (C=O) groups excluding carboxylic acids is 1. The number of hydrogen-bond donors (Lipinski definition) is 1. The molecule has 0 heterocycles. The second-order valence-electron chi connectivity index (χ2n) is 3.64. The van der Waals surface area contributed by atoms with Gasteiger partial charge in [-0.1, -0.05) is 30.2 Å². The Bertz CT molecular complexity index is 439. The molecule has 2 nitrogen and oxygen atoms in total. The van der Waals surface area contributed by atoms with Crippen LogP contribution in [-0.2, 0) is 11.2 Å². The highest BCUT2D eigenvalue weighted by Crippen LogP contribution is 2.30. The van der Waals surface area contributed by atoms with Crippen molar-refractivity contribution in [1.82, 2.24) is 5.32 Å². The van der Waals surface area contributed by atoms with Crippen LogP contribution in [0.3, 0.4) is 0 Å². The third-order valence-corrected chi connectivity index (χ3v) is 2.68. The van der Waals surface area contributed by atoms with E-state index in [9.17, 15) is 4.79 Å². The molecule has 0 radical (unpaired) electrons. The monoisotopic (exact) mass is 199 g/mol. The molecular formula is C13H13NO. The first kappa shape index (κ1) is 9.79. The van der Waals surface area contributed by atoms with Crippen molar-refractivity contribution < 1.29 is 4.79 Å². The molecule has 15 heavy (non-hydrogen) atoms. The van der Waals surface area contributed by atoms with Crippen molar-refractivity contribution in [3.05, 3.63) is 35.4 Å². The van der Waals surface area contributed by atoms with E-state index >= 15 is 0 Å². The van der Waals surface area contributed by atoms with E-state index in [1.807, 2.05) is 12.1 Å². The molecular weight excluding hydrogens is 186 g/mol. The number of nitrogens with one attached hydrogen (secondary N) is 1. The van der Waals surface area contributed by atoms with Crippen LogP contribution in [0.15, 0.2) is 24.3 Å². The molecule has 1 aromatic carbocycles. The summed E-state index contributed by atoms with van der Waals surface area (Å²) in [5.74, 6) is 4.93. The van der Waals surface area contributed by atoms with Crippen LogP contribution in [0.2, 0.25) is 0 Å². The van der Waals surface area contributed by atoms with Gasteiger partial charge < -0.3 is 5.32 Å². The second-order valence-corrected chi connectivity index (χ2v) is 3.64. The minimum atomic E-state index is -0.181. The Kier molecular flexibility index (Phi) is 2.73. The predicted octanol–water partition coefficient (Wildman–Crippen LogP) is 1.81. The molecule has 76 valence electrons. The van der Waals surface area contributed by atoms with E-state index in [1.165, 1.54) is 11.1 Å². The van der Waals surface area contributed by atoms with Crippen molar-refractivity contribution in [3.8, 4) is 11.8 Å².